The summed E-state index contributed by atoms with van der Waals surface area (Å²) in [5.41, 5.74) is 7.02. The highest BCUT2D eigenvalue weighted by atomic mass is 35.5. The van der Waals surface area contributed by atoms with E-state index < -0.39 is 0 Å². The minimum absolute atomic E-state index is 0. The van der Waals surface area contributed by atoms with Gasteiger partial charge in [0.2, 0.25) is 5.89 Å². The van der Waals surface area contributed by atoms with Crippen molar-refractivity contribution >= 4 is 35.9 Å². The number of hydrogen-bond acceptors (Lipinski definition) is 3. The second-order valence-corrected chi connectivity index (χ2v) is 2.28. The molecular formula is C8H10Cl2N2O. The Morgan fingerprint density at radius 1 is 1.23 bits per heavy atom. The van der Waals surface area contributed by atoms with E-state index in [1.54, 1.807) is 0 Å². The number of aromatic nitrogens is 1. The van der Waals surface area contributed by atoms with Crippen molar-refractivity contribution in [2.45, 2.75) is 6.54 Å². The van der Waals surface area contributed by atoms with Gasteiger partial charge in [0.1, 0.15) is 5.52 Å². The fraction of sp³-hybridized carbons (Fsp3) is 0.125. The minimum atomic E-state index is 0. The second kappa shape index (κ2) is 5.07. The Morgan fingerprint density at radius 2 is 1.92 bits per heavy atom. The van der Waals surface area contributed by atoms with Crippen LogP contribution < -0.4 is 5.73 Å². The van der Waals surface area contributed by atoms with Gasteiger partial charge in [-0.1, -0.05) is 12.1 Å². The summed E-state index contributed by atoms with van der Waals surface area (Å²) in [6.45, 7) is 0.356. The van der Waals surface area contributed by atoms with Crippen molar-refractivity contribution in [1.82, 2.24) is 4.98 Å². The summed E-state index contributed by atoms with van der Waals surface area (Å²) in [5.74, 6) is 0.589. The Labute approximate surface area is 88.1 Å². The lowest BCUT2D eigenvalue weighted by Gasteiger charge is -1.81. The predicted molar refractivity (Wildman–Crippen MR) is 56.4 cm³/mol. The summed E-state index contributed by atoms with van der Waals surface area (Å²) in [6.07, 6.45) is 0. The average Bonchev–Trinajstić information content (AvgIpc) is 2.46. The van der Waals surface area contributed by atoms with Crippen molar-refractivity contribution < 1.29 is 4.42 Å². The number of fused-ring (bicyclic) bond motifs is 1. The zero-order valence-corrected chi connectivity index (χ0v) is 8.40. The van der Waals surface area contributed by atoms with Crippen LogP contribution in [0.3, 0.4) is 0 Å². The van der Waals surface area contributed by atoms with Crippen molar-refractivity contribution in [3.05, 3.63) is 30.2 Å². The molecule has 1 aromatic carbocycles. The molecule has 0 bridgehead atoms. The first-order valence-corrected chi connectivity index (χ1v) is 3.44. The van der Waals surface area contributed by atoms with Gasteiger partial charge in [0.25, 0.3) is 0 Å². The second-order valence-electron chi connectivity index (χ2n) is 2.28. The van der Waals surface area contributed by atoms with Gasteiger partial charge >= 0.3 is 0 Å². The molecule has 1 heterocycles. The van der Waals surface area contributed by atoms with Gasteiger partial charge in [-0.05, 0) is 12.1 Å². The Morgan fingerprint density at radius 3 is 2.54 bits per heavy atom. The molecule has 0 saturated heterocycles. The first-order chi connectivity index (χ1) is 5.40. The molecule has 2 N–H and O–H groups in total. The highest BCUT2D eigenvalue weighted by molar-refractivity contribution is 5.85. The van der Waals surface area contributed by atoms with Crippen LogP contribution in [0, 0.1) is 0 Å². The SMILES string of the molecule is Cl.Cl.NCc1nc2ccccc2o1. The van der Waals surface area contributed by atoms with Crippen LogP contribution >= 0.6 is 24.8 Å². The number of nitrogens with zero attached hydrogens (tertiary/aromatic N) is 1. The average molecular weight is 221 g/mol. The van der Waals surface area contributed by atoms with Crippen LogP contribution in [0.5, 0.6) is 0 Å². The summed E-state index contributed by atoms with van der Waals surface area (Å²) >= 11 is 0. The Kier molecular flexibility index (Phi) is 4.77. The van der Waals surface area contributed by atoms with E-state index in [1.807, 2.05) is 24.3 Å². The summed E-state index contributed by atoms with van der Waals surface area (Å²) in [7, 11) is 0. The molecule has 2 rings (SSSR count). The Balaban J connectivity index is 0.000000720. The number of rotatable bonds is 1. The molecule has 0 amide bonds. The first kappa shape index (κ1) is 12.2. The van der Waals surface area contributed by atoms with E-state index in [-0.39, 0.29) is 24.8 Å². The first-order valence-electron chi connectivity index (χ1n) is 3.44. The molecule has 1 aromatic heterocycles. The largest absolute Gasteiger partial charge is 0.439 e. The van der Waals surface area contributed by atoms with E-state index >= 15 is 0 Å². The van der Waals surface area contributed by atoms with Crippen LogP contribution in [-0.4, -0.2) is 4.98 Å². The monoisotopic (exact) mass is 220 g/mol. The van der Waals surface area contributed by atoms with Crippen molar-refractivity contribution in [3.63, 3.8) is 0 Å². The molecular weight excluding hydrogens is 211 g/mol. The number of halogens is 2. The van der Waals surface area contributed by atoms with E-state index in [1.165, 1.54) is 0 Å². The quantitative estimate of drug-likeness (QED) is 0.802. The van der Waals surface area contributed by atoms with Gasteiger partial charge < -0.3 is 10.2 Å². The van der Waals surface area contributed by atoms with Crippen molar-refractivity contribution in [2.24, 2.45) is 5.73 Å². The zero-order chi connectivity index (χ0) is 7.68. The number of oxazole rings is 1. The number of benzene rings is 1. The fourth-order valence-corrected chi connectivity index (χ4v) is 1.01. The molecule has 0 aliphatic rings. The van der Waals surface area contributed by atoms with Crippen molar-refractivity contribution in [1.29, 1.82) is 0 Å². The fourth-order valence-electron chi connectivity index (χ4n) is 1.01. The van der Waals surface area contributed by atoms with Crippen LogP contribution in [0.4, 0.5) is 0 Å². The van der Waals surface area contributed by atoms with Gasteiger partial charge in [-0.2, -0.15) is 0 Å². The summed E-state index contributed by atoms with van der Waals surface area (Å²) in [4.78, 5) is 4.14. The number of para-hydroxylation sites is 2. The van der Waals surface area contributed by atoms with Crippen LogP contribution in [0.2, 0.25) is 0 Å². The third-order valence-electron chi connectivity index (χ3n) is 1.51. The minimum Gasteiger partial charge on any atom is -0.439 e. The van der Waals surface area contributed by atoms with E-state index in [0.29, 0.717) is 12.4 Å². The standard InChI is InChI=1S/C8H8N2O.2ClH/c9-5-8-10-6-3-1-2-4-7(6)11-8;;/h1-4H,5,9H2;2*1H. The lowest BCUT2D eigenvalue weighted by molar-refractivity contribution is 0.533. The molecule has 0 unspecified atom stereocenters. The van der Waals surface area contributed by atoms with Crippen LogP contribution in [-0.2, 0) is 6.54 Å². The normalized spacial score (nSPS) is 9.00. The topological polar surface area (TPSA) is 52.0 Å². The molecule has 72 valence electrons. The van der Waals surface area contributed by atoms with E-state index in [9.17, 15) is 0 Å². The molecule has 13 heavy (non-hydrogen) atoms. The predicted octanol–water partition coefficient (Wildman–Crippen LogP) is 2.13. The van der Waals surface area contributed by atoms with Gasteiger partial charge in [0.05, 0.1) is 6.54 Å². The maximum absolute atomic E-state index is 5.36. The molecule has 5 heteroatoms. The van der Waals surface area contributed by atoms with Crippen LogP contribution in [0.25, 0.3) is 11.1 Å². The molecule has 2 aromatic rings. The Bertz CT molecular complexity index is 342. The van der Waals surface area contributed by atoms with Crippen LogP contribution in [0.15, 0.2) is 28.7 Å². The smallest absolute Gasteiger partial charge is 0.209 e. The molecule has 0 atom stereocenters. The summed E-state index contributed by atoms with van der Waals surface area (Å²) < 4.78 is 5.28. The zero-order valence-electron chi connectivity index (χ0n) is 6.77. The molecule has 0 radical (unpaired) electrons. The summed E-state index contributed by atoms with van der Waals surface area (Å²) in [6, 6.07) is 7.61. The van der Waals surface area contributed by atoms with Gasteiger partial charge in [-0.15, -0.1) is 24.8 Å². The third kappa shape index (κ3) is 2.34. The highest BCUT2D eigenvalue weighted by Gasteiger charge is 2.00. The van der Waals surface area contributed by atoms with Gasteiger partial charge in [0, 0.05) is 0 Å². The molecule has 0 fully saturated rings. The Hall–Kier alpha value is -0.770. The van der Waals surface area contributed by atoms with E-state index in [4.69, 9.17) is 10.2 Å². The van der Waals surface area contributed by atoms with E-state index in [2.05, 4.69) is 4.98 Å². The molecule has 0 aliphatic heterocycles. The van der Waals surface area contributed by atoms with Crippen molar-refractivity contribution in [2.75, 3.05) is 0 Å². The van der Waals surface area contributed by atoms with Gasteiger partial charge in [0.15, 0.2) is 5.58 Å². The van der Waals surface area contributed by atoms with E-state index in [0.717, 1.165) is 11.1 Å². The summed E-state index contributed by atoms with van der Waals surface area (Å²) in [5, 5.41) is 0. The van der Waals surface area contributed by atoms with Gasteiger partial charge in [-0.3, -0.25) is 0 Å². The molecule has 0 spiro atoms. The third-order valence-corrected chi connectivity index (χ3v) is 1.51. The lowest BCUT2D eigenvalue weighted by Crippen LogP contribution is -1.94. The lowest BCUT2D eigenvalue weighted by atomic mass is 10.3. The molecule has 0 aliphatic carbocycles. The molecule has 3 nitrogen and oxygen atoms in total. The number of hydrogen-bond donors (Lipinski definition) is 1. The maximum Gasteiger partial charge on any atom is 0.209 e. The molecule has 0 saturated carbocycles. The van der Waals surface area contributed by atoms with Crippen molar-refractivity contribution in [3.8, 4) is 0 Å². The van der Waals surface area contributed by atoms with Crippen LogP contribution in [0.1, 0.15) is 5.89 Å². The highest BCUT2D eigenvalue weighted by Crippen LogP contribution is 2.13. The maximum atomic E-state index is 5.36. The number of nitrogens with two attached hydrogens (primary N) is 1. The van der Waals surface area contributed by atoms with Gasteiger partial charge in [-0.25, -0.2) is 4.98 Å².